The van der Waals surface area contributed by atoms with Gasteiger partial charge in [0.05, 0.1) is 0 Å². The van der Waals surface area contributed by atoms with Gasteiger partial charge in [-0.15, -0.1) is 6.58 Å². The third-order valence-corrected chi connectivity index (χ3v) is 7.33. The summed E-state index contributed by atoms with van der Waals surface area (Å²) >= 11 is 0. The summed E-state index contributed by atoms with van der Waals surface area (Å²) in [5.41, 5.74) is 5.82. The Morgan fingerprint density at radius 2 is 1.14 bits per heavy atom. The summed E-state index contributed by atoms with van der Waals surface area (Å²) < 4.78 is 0. The van der Waals surface area contributed by atoms with E-state index >= 15 is 0 Å². The van der Waals surface area contributed by atoms with E-state index < -0.39 is 0 Å². The molecule has 0 bridgehead atoms. The smallest absolute Gasteiger partial charge is 0.0162 e. The quantitative estimate of drug-likeness (QED) is 0.445. The molecule has 2 aliphatic carbocycles. The number of benzene rings is 2. The zero-order valence-electron chi connectivity index (χ0n) is 17.4. The molecule has 0 unspecified atom stereocenters. The molecule has 0 saturated heterocycles. The Balaban J connectivity index is 1.36. The first-order valence-corrected chi connectivity index (χ1v) is 11.6. The molecule has 148 valence electrons. The molecule has 0 atom stereocenters. The zero-order chi connectivity index (χ0) is 19.2. The van der Waals surface area contributed by atoms with Gasteiger partial charge in [0, 0.05) is 0 Å². The molecule has 0 aliphatic heterocycles. The minimum absolute atomic E-state index is 0.766. The molecule has 28 heavy (non-hydrogen) atoms. The predicted molar refractivity (Wildman–Crippen MR) is 122 cm³/mol. The summed E-state index contributed by atoms with van der Waals surface area (Å²) in [6.07, 6.45) is 17.1. The largest absolute Gasteiger partial charge is 0.103 e. The fourth-order valence-corrected chi connectivity index (χ4v) is 5.47. The van der Waals surface area contributed by atoms with Gasteiger partial charge in [0.2, 0.25) is 0 Å². The van der Waals surface area contributed by atoms with E-state index in [1.165, 1.54) is 81.8 Å². The summed E-state index contributed by atoms with van der Waals surface area (Å²) in [4.78, 5) is 0. The second-order valence-electron chi connectivity index (χ2n) is 9.16. The van der Waals surface area contributed by atoms with Crippen molar-refractivity contribution in [1.29, 1.82) is 0 Å². The lowest BCUT2D eigenvalue weighted by molar-refractivity contribution is 0.312. The van der Waals surface area contributed by atoms with Crippen molar-refractivity contribution in [2.24, 2.45) is 5.92 Å². The summed E-state index contributed by atoms with van der Waals surface area (Å²) in [6, 6.07) is 18.9. The van der Waals surface area contributed by atoms with Crippen LogP contribution in [-0.2, 0) is 0 Å². The Kier molecular flexibility index (Phi) is 6.68. The van der Waals surface area contributed by atoms with Gasteiger partial charge in [0.15, 0.2) is 0 Å². The van der Waals surface area contributed by atoms with Crippen molar-refractivity contribution < 1.29 is 0 Å². The molecule has 2 aliphatic rings. The maximum absolute atomic E-state index is 3.87. The fraction of sp³-hybridized carbons (Fsp3) is 0.500. The van der Waals surface area contributed by atoms with Gasteiger partial charge in [-0.3, -0.25) is 0 Å². The van der Waals surface area contributed by atoms with E-state index in [0.717, 1.165) is 17.8 Å². The van der Waals surface area contributed by atoms with Gasteiger partial charge in [-0.2, -0.15) is 0 Å². The van der Waals surface area contributed by atoms with Crippen LogP contribution < -0.4 is 0 Å². The van der Waals surface area contributed by atoms with Gasteiger partial charge in [0.25, 0.3) is 0 Å². The van der Waals surface area contributed by atoms with Crippen molar-refractivity contribution in [2.45, 2.75) is 82.5 Å². The standard InChI is InChI=1S/C28H36/c1-2-3-7-22-10-12-24(13-11-22)26-18-20-28(21-19-26)27-16-14-25(15-17-27)23-8-5-4-6-9-23/h2,14-24H,1,3-13H2/t22-,24-. The molecule has 0 spiro atoms. The van der Waals surface area contributed by atoms with E-state index in [-0.39, 0.29) is 0 Å². The van der Waals surface area contributed by atoms with E-state index in [2.05, 4.69) is 61.2 Å². The van der Waals surface area contributed by atoms with E-state index in [1.807, 2.05) is 0 Å². The van der Waals surface area contributed by atoms with Crippen LogP contribution in [0, 0.1) is 5.92 Å². The molecule has 2 aromatic carbocycles. The lowest BCUT2D eigenvalue weighted by atomic mass is 9.77. The fourth-order valence-electron chi connectivity index (χ4n) is 5.47. The van der Waals surface area contributed by atoms with E-state index in [0.29, 0.717) is 0 Å². The molecule has 0 amide bonds. The minimum Gasteiger partial charge on any atom is -0.103 e. The molecule has 2 saturated carbocycles. The first-order chi connectivity index (χ1) is 13.8. The van der Waals surface area contributed by atoms with E-state index in [4.69, 9.17) is 0 Å². The van der Waals surface area contributed by atoms with Crippen LogP contribution in [0.1, 0.15) is 93.6 Å². The summed E-state index contributed by atoms with van der Waals surface area (Å²) in [7, 11) is 0. The lowest BCUT2D eigenvalue weighted by Gasteiger charge is -2.28. The normalized spacial score (nSPS) is 23.4. The Labute approximate surface area is 172 Å². The molecular formula is C28H36. The van der Waals surface area contributed by atoms with Crippen molar-refractivity contribution in [3.05, 3.63) is 72.3 Å². The molecule has 0 nitrogen and oxygen atoms in total. The van der Waals surface area contributed by atoms with Crippen LogP contribution in [0.5, 0.6) is 0 Å². The molecule has 0 heteroatoms. The van der Waals surface area contributed by atoms with Crippen molar-refractivity contribution in [1.82, 2.24) is 0 Å². The van der Waals surface area contributed by atoms with Crippen LogP contribution in [0.15, 0.2) is 61.2 Å². The Bertz CT molecular complexity index is 723. The average molecular weight is 373 g/mol. The van der Waals surface area contributed by atoms with Crippen LogP contribution >= 0.6 is 0 Å². The second kappa shape index (κ2) is 9.59. The van der Waals surface area contributed by atoms with Crippen molar-refractivity contribution in [3.8, 4) is 11.1 Å². The first kappa shape index (κ1) is 19.5. The number of hydrogen-bond acceptors (Lipinski definition) is 0. The third kappa shape index (κ3) is 4.77. The molecule has 0 N–H and O–H groups in total. The highest BCUT2D eigenvalue weighted by molar-refractivity contribution is 5.64. The van der Waals surface area contributed by atoms with Gasteiger partial charge in [-0.25, -0.2) is 0 Å². The monoisotopic (exact) mass is 372 g/mol. The maximum atomic E-state index is 3.87. The number of allylic oxidation sites excluding steroid dienone is 1. The predicted octanol–water partition coefficient (Wildman–Crippen LogP) is 8.64. The van der Waals surface area contributed by atoms with Crippen molar-refractivity contribution >= 4 is 0 Å². The maximum Gasteiger partial charge on any atom is -0.0162 e. The van der Waals surface area contributed by atoms with Gasteiger partial charge in [0.1, 0.15) is 0 Å². The van der Waals surface area contributed by atoms with Gasteiger partial charge in [-0.1, -0.05) is 73.9 Å². The SMILES string of the molecule is C=CCC[C@H]1CC[C@H](c2ccc(-c3ccc(C4CCCCC4)cc3)cc2)CC1. The topological polar surface area (TPSA) is 0 Å². The highest BCUT2D eigenvalue weighted by Gasteiger charge is 2.22. The minimum atomic E-state index is 0.766. The Morgan fingerprint density at radius 3 is 1.64 bits per heavy atom. The zero-order valence-corrected chi connectivity index (χ0v) is 17.4. The Hall–Kier alpha value is -1.82. The van der Waals surface area contributed by atoms with Crippen LogP contribution in [0.2, 0.25) is 0 Å². The highest BCUT2D eigenvalue weighted by Crippen LogP contribution is 2.38. The summed E-state index contributed by atoms with van der Waals surface area (Å²) in [5, 5.41) is 0. The Morgan fingerprint density at radius 1 is 0.643 bits per heavy atom. The summed E-state index contributed by atoms with van der Waals surface area (Å²) in [6.45, 7) is 3.87. The molecular weight excluding hydrogens is 336 g/mol. The van der Waals surface area contributed by atoms with Crippen LogP contribution in [0.3, 0.4) is 0 Å². The number of rotatable bonds is 6. The second-order valence-corrected chi connectivity index (χ2v) is 9.16. The number of hydrogen-bond donors (Lipinski definition) is 0. The van der Waals surface area contributed by atoms with Crippen molar-refractivity contribution in [3.63, 3.8) is 0 Å². The summed E-state index contributed by atoms with van der Waals surface area (Å²) in [5.74, 6) is 2.49. The molecule has 0 heterocycles. The van der Waals surface area contributed by atoms with Crippen LogP contribution in [0.25, 0.3) is 11.1 Å². The van der Waals surface area contributed by atoms with Crippen LogP contribution in [-0.4, -0.2) is 0 Å². The van der Waals surface area contributed by atoms with E-state index in [9.17, 15) is 0 Å². The third-order valence-electron chi connectivity index (χ3n) is 7.33. The van der Waals surface area contributed by atoms with E-state index in [1.54, 1.807) is 11.1 Å². The average Bonchev–Trinajstić information content (AvgIpc) is 2.79. The van der Waals surface area contributed by atoms with Gasteiger partial charge < -0.3 is 0 Å². The molecule has 2 aromatic rings. The van der Waals surface area contributed by atoms with Crippen LogP contribution in [0.4, 0.5) is 0 Å². The highest BCUT2D eigenvalue weighted by atomic mass is 14.3. The molecule has 0 radical (unpaired) electrons. The first-order valence-electron chi connectivity index (χ1n) is 11.6. The molecule has 0 aromatic heterocycles. The van der Waals surface area contributed by atoms with Gasteiger partial charge in [-0.05, 0) is 91.4 Å². The lowest BCUT2D eigenvalue weighted by Crippen LogP contribution is -2.13. The molecule has 4 rings (SSSR count). The molecule has 2 fully saturated rings. The van der Waals surface area contributed by atoms with Crippen molar-refractivity contribution in [2.75, 3.05) is 0 Å². The van der Waals surface area contributed by atoms with Gasteiger partial charge >= 0.3 is 0 Å².